The molecule has 1 aliphatic rings. The molecule has 1 amide bonds. The lowest BCUT2D eigenvalue weighted by Gasteiger charge is -2.07. The SMILES string of the molecule is Cc1ccc(-n2c(=O)[nH]c3c(C(=O)Nc4ccc5c(c4)OCO5)cn(C)c3c2=O)cc1. The number of hydrogen-bond donors (Lipinski definition) is 2. The Morgan fingerprint density at radius 2 is 1.81 bits per heavy atom. The van der Waals surface area contributed by atoms with Gasteiger partial charge in [0, 0.05) is 25.0 Å². The summed E-state index contributed by atoms with van der Waals surface area (Å²) in [5.74, 6) is 0.668. The highest BCUT2D eigenvalue weighted by Crippen LogP contribution is 2.34. The van der Waals surface area contributed by atoms with Crippen LogP contribution in [-0.2, 0) is 7.05 Å². The predicted octanol–water partition coefficient (Wildman–Crippen LogP) is 2.31. The second kappa shape index (κ2) is 6.91. The average Bonchev–Trinajstić information content (AvgIpc) is 3.33. The zero-order chi connectivity index (χ0) is 21.7. The van der Waals surface area contributed by atoms with Crippen molar-refractivity contribution >= 4 is 22.6 Å². The van der Waals surface area contributed by atoms with Crippen molar-refractivity contribution in [2.75, 3.05) is 12.1 Å². The Labute approximate surface area is 175 Å². The number of amides is 1. The van der Waals surface area contributed by atoms with E-state index >= 15 is 0 Å². The lowest BCUT2D eigenvalue weighted by atomic mass is 10.2. The highest BCUT2D eigenvalue weighted by Gasteiger charge is 2.21. The van der Waals surface area contributed by atoms with Crippen LogP contribution in [0, 0.1) is 6.92 Å². The van der Waals surface area contributed by atoms with Crippen LogP contribution in [0.3, 0.4) is 0 Å². The fourth-order valence-electron chi connectivity index (χ4n) is 3.65. The summed E-state index contributed by atoms with van der Waals surface area (Å²) in [4.78, 5) is 41.5. The first-order chi connectivity index (χ1) is 14.9. The van der Waals surface area contributed by atoms with Crippen LogP contribution in [0.5, 0.6) is 11.5 Å². The second-order valence-electron chi connectivity index (χ2n) is 7.31. The molecule has 3 heterocycles. The third-order valence-electron chi connectivity index (χ3n) is 5.19. The molecule has 1 aliphatic heterocycles. The minimum atomic E-state index is -0.621. The van der Waals surface area contributed by atoms with E-state index in [4.69, 9.17) is 9.47 Å². The van der Waals surface area contributed by atoms with Crippen molar-refractivity contribution in [3.63, 3.8) is 0 Å². The van der Waals surface area contributed by atoms with Crippen molar-refractivity contribution in [3.05, 3.63) is 80.6 Å². The number of carbonyl (C=O) groups is 1. The van der Waals surface area contributed by atoms with Gasteiger partial charge in [0.05, 0.1) is 16.8 Å². The summed E-state index contributed by atoms with van der Waals surface area (Å²) in [5.41, 5.74) is 1.41. The lowest BCUT2D eigenvalue weighted by Crippen LogP contribution is -2.34. The molecule has 4 aromatic rings. The molecule has 9 heteroatoms. The van der Waals surface area contributed by atoms with Gasteiger partial charge in [0.2, 0.25) is 6.79 Å². The molecule has 0 saturated carbocycles. The number of aryl methyl sites for hydroxylation is 2. The normalized spacial score (nSPS) is 12.3. The number of benzene rings is 2. The predicted molar refractivity (Wildman–Crippen MR) is 114 cm³/mol. The quantitative estimate of drug-likeness (QED) is 0.531. The Balaban J connectivity index is 1.57. The topological polar surface area (TPSA) is 107 Å². The van der Waals surface area contributed by atoms with Gasteiger partial charge in [-0.3, -0.25) is 9.59 Å². The summed E-state index contributed by atoms with van der Waals surface area (Å²) in [6.45, 7) is 2.05. The van der Waals surface area contributed by atoms with Gasteiger partial charge >= 0.3 is 5.69 Å². The number of carbonyl (C=O) groups excluding carboxylic acids is 1. The maximum Gasteiger partial charge on any atom is 0.333 e. The van der Waals surface area contributed by atoms with E-state index in [0.29, 0.717) is 22.9 Å². The molecular weight excluding hydrogens is 400 g/mol. The monoisotopic (exact) mass is 418 g/mol. The van der Waals surface area contributed by atoms with Gasteiger partial charge in [-0.2, -0.15) is 0 Å². The van der Waals surface area contributed by atoms with Gasteiger partial charge in [-0.15, -0.1) is 0 Å². The van der Waals surface area contributed by atoms with Crippen molar-refractivity contribution in [2.45, 2.75) is 6.92 Å². The van der Waals surface area contributed by atoms with E-state index in [1.807, 2.05) is 19.1 Å². The van der Waals surface area contributed by atoms with Crippen LogP contribution >= 0.6 is 0 Å². The molecule has 0 atom stereocenters. The summed E-state index contributed by atoms with van der Waals surface area (Å²) in [6.07, 6.45) is 1.52. The van der Waals surface area contributed by atoms with Crippen molar-refractivity contribution in [3.8, 4) is 17.2 Å². The minimum absolute atomic E-state index is 0.130. The Morgan fingerprint density at radius 3 is 2.58 bits per heavy atom. The Hall–Kier alpha value is -4.27. The third kappa shape index (κ3) is 3.07. The Kier molecular flexibility index (Phi) is 4.18. The van der Waals surface area contributed by atoms with Crippen molar-refractivity contribution in [2.24, 2.45) is 7.05 Å². The van der Waals surface area contributed by atoms with Gasteiger partial charge in [0.1, 0.15) is 5.52 Å². The summed E-state index contributed by atoms with van der Waals surface area (Å²) in [5, 5.41) is 2.77. The molecule has 0 fully saturated rings. The molecule has 0 aliphatic carbocycles. The van der Waals surface area contributed by atoms with E-state index in [1.54, 1.807) is 37.4 Å². The van der Waals surface area contributed by atoms with Crippen molar-refractivity contribution in [1.29, 1.82) is 0 Å². The Bertz CT molecular complexity index is 1460. The number of aromatic nitrogens is 3. The summed E-state index contributed by atoms with van der Waals surface area (Å²) in [7, 11) is 1.65. The number of hydrogen-bond acceptors (Lipinski definition) is 5. The number of nitrogens with zero attached hydrogens (tertiary/aromatic N) is 2. The van der Waals surface area contributed by atoms with Crippen LogP contribution in [0.15, 0.2) is 58.3 Å². The number of anilines is 1. The van der Waals surface area contributed by atoms with Crippen LogP contribution in [0.2, 0.25) is 0 Å². The molecule has 0 spiro atoms. The smallest absolute Gasteiger partial charge is 0.333 e. The van der Waals surface area contributed by atoms with E-state index in [2.05, 4.69) is 10.3 Å². The van der Waals surface area contributed by atoms with Crippen molar-refractivity contribution in [1.82, 2.24) is 14.1 Å². The highest BCUT2D eigenvalue weighted by molar-refractivity contribution is 6.11. The maximum atomic E-state index is 13.1. The molecule has 0 radical (unpaired) electrons. The van der Waals surface area contributed by atoms with E-state index in [-0.39, 0.29) is 23.4 Å². The van der Waals surface area contributed by atoms with E-state index < -0.39 is 17.2 Å². The standard InChI is InChI=1S/C22H18N4O5/c1-12-3-6-14(7-4-12)26-21(28)19-18(24-22(26)29)15(10-25(19)2)20(27)23-13-5-8-16-17(9-13)31-11-30-16/h3-10H,11H2,1-2H3,(H,23,27)(H,24,29). The fraction of sp³-hybridized carbons (Fsp3) is 0.136. The summed E-state index contributed by atoms with van der Waals surface area (Å²) in [6, 6.07) is 12.1. The Morgan fingerprint density at radius 1 is 1.06 bits per heavy atom. The first-order valence-corrected chi connectivity index (χ1v) is 9.55. The van der Waals surface area contributed by atoms with Gasteiger partial charge in [-0.1, -0.05) is 17.7 Å². The number of ether oxygens (including phenoxy) is 2. The third-order valence-corrected chi connectivity index (χ3v) is 5.19. The second-order valence-corrected chi connectivity index (χ2v) is 7.31. The molecule has 5 rings (SSSR count). The fourth-order valence-corrected chi connectivity index (χ4v) is 3.65. The van der Waals surface area contributed by atoms with E-state index in [1.165, 1.54) is 10.8 Å². The van der Waals surface area contributed by atoms with Gasteiger partial charge in [-0.05, 0) is 31.2 Å². The number of aromatic amines is 1. The number of rotatable bonds is 3. The van der Waals surface area contributed by atoms with Crippen LogP contribution in [0.25, 0.3) is 16.7 Å². The molecule has 2 N–H and O–H groups in total. The van der Waals surface area contributed by atoms with Crippen LogP contribution in [0.1, 0.15) is 15.9 Å². The largest absolute Gasteiger partial charge is 0.454 e. The number of nitrogens with one attached hydrogen (secondary N) is 2. The molecule has 0 bridgehead atoms. The molecule has 9 nitrogen and oxygen atoms in total. The van der Waals surface area contributed by atoms with E-state index in [0.717, 1.165) is 10.1 Å². The zero-order valence-electron chi connectivity index (χ0n) is 16.8. The molecule has 31 heavy (non-hydrogen) atoms. The zero-order valence-corrected chi connectivity index (χ0v) is 16.8. The van der Waals surface area contributed by atoms with Crippen LogP contribution in [0.4, 0.5) is 5.69 Å². The molecule has 0 saturated heterocycles. The molecule has 156 valence electrons. The first-order valence-electron chi connectivity index (χ1n) is 9.55. The molecule has 2 aromatic carbocycles. The van der Waals surface area contributed by atoms with E-state index in [9.17, 15) is 14.4 Å². The van der Waals surface area contributed by atoms with Gasteiger partial charge < -0.3 is 24.3 Å². The summed E-state index contributed by atoms with van der Waals surface area (Å²) >= 11 is 0. The van der Waals surface area contributed by atoms with Crippen LogP contribution < -0.4 is 26.0 Å². The lowest BCUT2D eigenvalue weighted by molar-refractivity contribution is 0.102. The van der Waals surface area contributed by atoms with Gasteiger partial charge in [-0.25, -0.2) is 9.36 Å². The first kappa shape index (κ1) is 18.7. The number of fused-ring (bicyclic) bond motifs is 2. The molecule has 2 aromatic heterocycles. The molecular formula is C22H18N4O5. The average molecular weight is 418 g/mol. The summed E-state index contributed by atoms with van der Waals surface area (Å²) < 4.78 is 13.2. The molecule has 0 unspecified atom stereocenters. The minimum Gasteiger partial charge on any atom is -0.454 e. The number of H-pyrrole nitrogens is 1. The van der Waals surface area contributed by atoms with Gasteiger partial charge in [0.25, 0.3) is 11.5 Å². The van der Waals surface area contributed by atoms with Gasteiger partial charge in [0.15, 0.2) is 11.5 Å². The highest BCUT2D eigenvalue weighted by atomic mass is 16.7. The maximum absolute atomic E-state index is 13.1. The van der Waals surface area contributed by atoms with Crippen molar-refractivity contribution < 1.29 is 14.3 Å². The van der Waals surface area contributed by atoms with Crippen LogP contribution in [-0.4, -0.2) is 26.8 Å².